The summed E-state index contributed by atoms with van der Waals surface area (Å²) >= 11 is 0. The lowest BCUT2D eigenvalue weighted by Crippen LogP contribution is -2.51. The normalized spacial score (nSPS) is 18.2. The zero-order valence-corrected chi connectivity index (χ0v) is 12.7. The van der Waals surface area contributed by atoms with Crippen molar-refractivity contribution in [1.82, 2.24) is 10.2 Å². The van der Waals surface area contributed by atoms with Crippen molar-refractivity contribution in [1.29, 1.82) is 0 Å². The lowest BCUT2D eigenvalue weighted by atomic mass is 10.0. The van der Waals surface area contributed by atoms with Gasteiger partial charge < -0.3 is 14.5 Å². The summed E-state index contributed by atoms with van der Waals surface area (Å²) in [4.78, 5) is 14.3. The molecule has 0 radical (unpaired) electrons. The first kappa shape index (κ1) is 15.8. The maximum atomic E-state index is 11.9. The van der Waals surface area contributed by atoms with Crippen molar-refractivity contribution in [3.63, 3.8) is 0 Å². The maximum absolute atomic E-state index is 11.9. The quantitative estimate of drug-likeness (QED) is 0.812. The van der Waals surface area contributed by atoms with Crippen LogP contribution in [0, 0.1) is 5.92 Å². The first-order valence-corrected chi connectivity index (χ1v) is 7.48. The van der Waals surface area contributed by atoms with E-state index in [0.717, 1.165) is 26.3 Å². The predicted molar refractivity (Wildman–Crippen MR) is 81.8 cm³/mol. The van der Waals surface area contributed by atoms with Crippen molar-refractivity contribution < 1.29 is 13.9 Å². The number of carbonyl (C=O) groups excluding carboxylic acids is 1. The average molecular weight is 292 g/mol. The molecule has 1 atom stereocenters. The van der Waals surface area contributed by atoms with Crippen LogP contribution in [0.4, 0.5) is 0 Å². The number of nitrogens with one attached hydrogen (secondary N) is 1. The van der Waals surface area contributed by atoms with Crippen LogP contribution in [-0.4, -0.2) is 49.7 Å². The summed E-state index contributed by atoms with van der Waals surface area (Å²) in [6.45, 7) is 8.43. The third-order valence-electron chi connectivity index (χ3n) is 3.71. The zero-order valence-electron chi connectivity index (χ0n) is 12.7. The minimum atomic E-state index is -0.0923. The monoisotopic (exact) mass is 292 g/mol. The summed E-state index contributed by atoms with van der Waals surface area (Å²) in [5.41, 5.74) is 0. The van der Waals surface area contributed by atoms with Crippen LogP contribution < -0.4 is 5.32 Å². The second-order valence-corrected chi connectivity index (χ2v) is 5.55. The van der Waals surface area contributed by atoms with Gasteiger partial charge in [-0.1, -0.05) is 13.8 Å². The number of furan rings is 1. The molecule has 0 spiro atoms. The van der Waals surface area contributed by atoms with Gasteiger partial charge >= 0.3 is 0 Å². The molecule has 1 N–H and O–H groups in total. The van der Waals surface area contributed by atoms with Crippen molar-refractivity contribution >= 4 is 12.0 Å². The van der Waals surface area contributed by atoms with Crippen LogP contribution in [0.5, 0.6) is 0 Å². The van der Waals surface area contributed by atoms with Crippen LogP contribution in [-0.2, 0) is 9.53 Å². The van der Waals surface area contributed by atoms with Crippen LogP contribution in [0.25, 0.3) is 6.08 Å². The number of hydrogen-bond donors (Lipinski definition) is 1. The maximum Gasteiger partial charge on any atom is 0.244 e. The van der Waals surface area contributed by atoms with E-state index in [9.17, 15) is 4.79 Å². The summed E-state index contributed by atoms with van der Waals surface area (Å²) < 4.78 is 10.5. The molecule has 2 rings (SSSR count). The number of carbonyl (C=O) groups is 1. The first-order chi connectivity index (χ1) is 10.2. The van der Waals surface area contributed by atoms with Gasteiger partial charge in [-0.2, -0.15) is 0 Å². The van der Waals surface area contributed by atoms with Crippen molar-refractivity contribution in [2.75, 3.05) is 32.8 Å². The molecule has 1 unspecified atom stereocenters. The minimum absolute atomic E-state index is 0.0923. The van der Waals surface area contributed by atoms with Crippen molar-refractivity contribution in [3.05, 3.63) is 30.2 Å². The Kier molecular flexibility index (Phi) is 6.02. The number of nitrogens with zero attached hydrogens (tertiary/aromatic N) is 1. The second-order valence-electron chi connectivity index (χ2n) is 5.55. The number of rotatable bonds is 6. The number of morpholine rings is 1. The Morgan fingerprint density at radius 2 is 2.19 bits per heavy atom. The summed E-state index contributed by atoms with van der Waals surface area (Å²) in [6.07, 6.45) is 4.77. The predicted octanol–water partition coefficient (Wildman–Crippen LogP) is 1.77. The molecule has 0 saturated carbocycles. The molecule has 0 aromatic carbocycles. The van der Waals surface area contributed by atoms with Gasteiger partial charge in [0, 0.05) is 31.8 Å². The van der Waals surface area contributed by atoms with E-state index in [0.29, 0.717) is 24.3 Å². The Morgan fingerprint density at radius 1 is 1.43 bits per heavy atom. The third kappa shape index (κ3) is 5.02. The molecule has 0 aliphatic carbocycles. The zero-order chi connectivity index (χ0) is 15.1. The van der Waals surface area contributed by atoms with Gasteiger partial charge in [0.05, 0.1) is 19.5 Å². The Morgan fingerprint density at radius 3 is 2.81 bits per heavy atom. The minimum Gasteiger partial charge on any atom is -0.465 e. The number of ether oxygens (including phenoxy) is 1. The lowest BCUT2D eigenvalue weighted by Gasteiger charge is -2.36. The highest BCUT2D eigenvalue weighted by Crippen LogP contribution is 2.12. The summed E-state index contributed by atoms with van der Waals surface area (Å²) in [5.74, 6) is 1.07. The molecule has 1 saturated heterocycles. The Bertz CT molecular complexity index is 448. The highest BCUT2D eigenvalue weighted by Gasteiger charge is 2.23. The van der Waals surface area contributed by atoms with Crippen LogP contribution in [0.1, 0.15) is 19.6 Å². The summed E-state index contributed by atoms with van der Waals surface area (Å²) in [7, 11) is 0. The van der Waals surface area contributed by atoms with Gasteiger partial charge in [-0.05, 0) is 24.1 Å². The molecule has 1 fully saturated rings. The smallest absolute Gasteiger partial charge is 0.244 e. The molecule has 5 nitrogen and oxygen atoms in total. The molecule has 5 heteroatoms. The largest absolute Gasteiger partial charge is 0.465 e. The SMILES string of the molecule is CC(C)C(CNC(=O)/C=C/c1ccco1)N1CCOCC1. The molecule has 1 amide bonds. The van der Waals surface area contributed by atoms with Gasteiger partial charge in [-0.15, -0.1) is 0 Å². The number of hydrogen-bond acceptors (Lipinski definition) is 4. The van der Waals surface area contributed by atoms with Gasteiger partial charge in [0.15, 0.2) is 0 Å². The average Bonchev–Trinajstić information content (AvgIpc) is 2.99. The van der Waals surface area contributed by atoms with E-state index >= 15 is 0 Å². The third-order valence-corrected chi connectivity index (χ3v) is 3.71. The van der Waals surface area contributed by atoms with Crippen LogP contribution in [0.3, 0.4) is 0 Å². The van der Waals surface area contributed by atoms with Crippen LogP contribution in [0.15, 0.2) is 28.9 Å². The fourth-order valence-corrected chi connectivity index (χ4v) is 2.50. The standard InChI is InChI=1S/C16H24N2O3/c1-13(2)15(18-7-10-20-11-8-18)12-17-16(19)6-5-14-4-3-9-21-14/h3-6,9,13,15H,7-8,10-12H2,1-2H3,(H,17,19)/b6-5+. The number of amides is 1. The molecule has 1 aliphatic heterocycles. The van der Waals surface area contributed by atoms with Gasteiger partial charge in [-0.25, -0.2) is 0 Å². The lowest BCUT2D eigenvalue weighted by molar-refractivity contribution is -0.116. The summed E-state index contributed by atoms with van der Waals surface area (Å²) in [6, 6.07) is 3.95. The van der Waals surface area contributed by atoms with Crippen molar-refractivity contribution in [3.8, 4) is 0 Å². The highest BCUT2D eigenvalue weighted by molar-refractivity contribution is 5.91. The Hall–Kier alpha value is -1.59. The first-order valence-electron chi connectivity index (χ1n) is 7.48. The van der Waals surface area contributed by atoms with E-state index in [1.54, 1.807) is 18.4 Å². The fraction of sp³-hybridized carbons (Fsp3) is 0.562. The molecule has 21 heavy (non-hydrogen) atoms. The van der Waals surface area contributed by atoms with E-state index in [-0.39, 0.29) is 5.91 Å². The summed E-state index contributed by atoms with van der Waals surface area (Å²) in [5, 5.41) is 2.97. The molecule has 116 valence electrons. The topological polar surface area (TPSA) is 54.7 Å². The molecule has 0 bridgehead atoms. The molecule has 2 heterocycles. The van der Waals surface area contributed by atoms with E-state index in [2.05, 4.69) is 24.1 Å². The van der Waals surface area contributed by atoms with E-state index < -0.39 is 0 Å². The van der Waals surface area contributed by atoms with Gasteiger partial charge in [0.2, 0.25) is 5.91 Å². The van der Waals surface area contributed by atoms with Crippen molar-refractivity contribution in [2.24, 2.45) is 5.92 Å². The highest BCUT2D eigenvalue weighted by atomic mass is 16.5. The van der Waals surface area contributed by atoms with Gasteiger partial charge in [0.1, 0.15) is 5.76 Å². The van der Waals surface area contributed by atoms with Gasteiger partial charge in [-0.3, -0.25) is 9.69 Å². The molecular formula is C16H24N2O3. The Balaban J connectivity index is 1.82. The molecule has 1 aromatic rings. The van der Waals surface area contributed by atoms with Crippen LogP contribution in [0.2, 0.25) is 0 Å². The van der Waals surface area contributed by atoms with E-state index in [1.807, 2.05) is 6.07 Å². The van der Waals surface area contributed by atoms with Gasteiger partial charge in [0.25, 0.3) is 0 Å². The van der Waals surface area contributed by atoms with E-state index in [4.69, 9.17) is 9.15 Å². The fourth-order valence-electron chi connectivity index (χ4n) is 2.50. The Labute approximate surface area is 125 Å². The second kappa shape index (κ2) is 8.00. The van der Waals surface area contributed by atoms with E-state index in [1.165, 1.54) is 6.08 Å². The molecular weight excluding hydrogens is 268 g/mol. The molecule has 1 aromatic heterocycles. The molecule has 1 aliphatic rings. The van der Waals surface area contributed by atoms with Crippen LogP contribution >= 0.6 is 0 Å². The van der Waals surface area contributed by atoms with Crippen molar-refractivity contribution in [2.45, 2.75) is 19.9 Å².